The summed E-state index contributed by atoms with van der Waals surface area (Å²) in [5.74, 6) is -0.275. The van der Waals surface area contributed by atoms with Crippen molar-refractivity contribution in [2.24, 2.45) is 0 Å². The van der Waals surface area contributed by atoms with Crippen LogP contribution < -0.4 is 10.1 Å². The van der Waals surface area contributed by atoms with Gasteiger partial charge in [-0.25, -0.2) is 9.37 Å². The van der Waals surface area contributed by atoms with Gasteiger partial charge in [-0.1, -0.05) is 20.8 Å². The summed E-state index contributed by atoms with van der Waals surface area (Å²) in [6.45, 7) is 8.09. The van der Waals surface area contributed by atoms with Gasteiger partial charge in [-0.2, -0.15) is 0 Å². The van der Waals surface area contributed by atoms with Gasteiger partial charge in [-0.3, -0.25) is 0 Å². The molecule has 0 amide bonds. The fraction of sp³-hybridized carbons (Fsp3) is 0.643. The van der Waals surface area contributed by atoms with Crippen molar-refractivity contribution in [3.63, 3.8) is 0 Å². The smallest absolute Gasteiger partial charge is 0.250 e. The Morgan fingerprint density at radius 3 is 2.72 bits per heavy atom. The molecule has 1 N–H and O–H groups in total. The number of halogens is 1. The molecule has 0 aliphatic carbocycles. The van der Waals surface area contributed by atoms with Crippen LogP contribution in [0, 0.1) is 5.82 Å². The van der Waals surface area contributed by atoms with Crippen LogP contribution in [0.4, 0.5) is 4.39 Å². The second-order valence-corrected chi connectivity index (χ2v) is 5.07. The zero-order chi connectivity index (χ0) is 13.6. The van der Waals surface area contributed by atoms with Gasteiger partial charge in [0, 0.05) is 11.8 Å². The predicted octanol–water partition coefficient (Wildman–Crippen LogP) is 2.90. The lowest BCUT2D eigenvalue weighted by molar-refractivity contribution is 0.355. The predicted molar refractivity (Wildman–Crippen MR) is 71.6 cm³/mol. The standard InChI is InChI=1S/C14H23FN2O/c1-5-8-16-10-7-14(2,3)11-6-9-17-13(18-4)12(11)15/h6,9,16H,5,7-8,10H2,1-4H3. The van der Waals surface area contributed by atoms with Crippen molar-refractivity contribution in [2.75, 3.05) is 20.2 Å². The third kappa shape index (κ3) is 3.67. The number of pyridine rings is 1. The van der Waals surface area contributed by atoms with Gasteiger partial charge in [0.05, 0.1) is 7.11 Å². The number of methoxy groups -OCH3 is 1. The van der Waals surface area contributed by atoms with Crippen LogP contribution in [0.15, 0.2) is 12.3 Å². The minimum Gasteiger partial charge on any atom is -0.479 e. The molecule has 102 valence electrons. The lowest BCUT2D eigenvalue weighted by Gasteiger charge is -2.26. The van der Waals surface area contributed by atoms with Crippen molar-refractivity contribution in [1.82, 2.24) is 10.3 Å². The maximum atomic E-state index is 14.1. The van der Waals surface area contributed by atoms with Crippen LogP contribution in [0.25, 0.3) is 0 Å². The molecule has 0 saturated carbocycles. The number of hydrogen-bond donors (Lipinski definition) is 1. The monoisotopic (exact) mass is 254 g/mol. The highest BCUT2D eigenvalue weighted by molar-refractivity contribution is 5.29. The molecule has 1 aromatic rings. The molecule has 0 aliphatic heterocycles. The lowest BCUT2D eigenvalue weighted by Crippen LogP contribution is -2.27. The number of ether oxygens (including phenoxy) is 1. The van der Waals surface area contributed by atoms with Crippen molar-refractivity contribution in [3.8, 4) is 5.88 Å². The van der Waals surface area contributed by atoms with Crippen molar-refractivity contribution < 1.29 is 9.13 Å². The van der Waals surface area contributed by atoms with Crippen LogP contribution in [0.2, 0.25) is 0 Å². The van der Waals surface area contributed by atoms with E-state index in [2.05, 4.69) is 17.2 Å². The Hall–Kier alpha value is -1.16. The molecule has 0 spiro atoms. The average Bonchev–Trinajstić information content (AvgIpc) is 2.35. The highest BCUT2D eigenvalue weighted by Gasteiger charge is 2.25. The van der Waals surface area contributed by atoms with Gasteiger partial charge in [-0.15, -0.1) is 0 Å². The quantitative estimate of drug-likeness (QED) is 0.760. The Morgan fingerprint density at radius 2 is 2.11 bits per heavy atom. The molecular formula is C14H23FN2O. The van der Waals surface area contributed by atoms with Crippen LogP contribution in [-0.2, 0) is 5.41 Å². The minimum atomic E-state index is -0.347. The van der Waals surface area contributed by atoms with Crippen LogP contribution in [0.1, 0.15) is 39.2 Å². The van der Waals surface area contributed by atoms with E-state index in [0.717, 1.165) is 25.9 Å². The molecule has 0 bridgehead atoms. The number of rotatable bonds is 7. The van der Waals surface area contributed by atoms with E-state index in [9.17, 15) is 4.39 Å². The van der Waals surface area contributed by atoms with E-state index >= 15 is 0 Å². The maximum Gasteiger partial charge on any atom is 0.250 e. The summed E-state index contributed by atoms with van der Waals surface area (Å²) in [6.07, 6.45) is 3.58. The number of aromatic nitrogens is 1. The summed E-state index contributed by atoms with van der Waals surface area (Å²) in [5, 5.41) is 3.34. The van der Waals surface area contributed by atoms with Crippen LogP contribution >= 0.6 is 0 Å². The van der Waals surface area contributed by atoms with E-state index in [4.69, 9.17) is 4.74 Å². The fourth-order valence-corrected chi connectivity index (χ4v) is 1.93. The molecule has 1 heterocycles. The summed E-state index contributed by atoms with van der Waals surface area (Å²) in [4.78, 5) is 3.87. The van der Waals surface area contributed by atoms with E-state index in [1.807, 2.05) is 13.8 Å². The van der Waals surface area contributed by atoms with Gasteiger partial charge in [-0.05, 0) is 37.4 Å². The van der Waals surface area contributed by atoms with E-state index in [-0.39, 0.29) is 17.1 Å². The van der Waals surface area contributed by atoms with Crippen LogP contribution in [-0.4, -0.2) is 25.2 Å². The third-order valence-corrected chi connectivity index (χ3v) is 3.13. The van der Waals surface area contributed by atoms with E-state index in [1.54, 1.807) is 12.3 Å². The average molecular weight is 254 g/mol. The molecule has 0 radical (unpaired) electrons. The molecule has 1 rings (SSSR count). The second-order valence-electron chi connectivity index (χ2n) is 5.07. The molecule has 4 heteroatoms. The first-order chi connectivity index (χ1) is 8.53. The van der Waals surface area contributed by atoms with Gasteiger partial charge in [0.2, 0.25) is 5.88 Å². The molecule has 0 aliphatic rings. The maximum absolute atomic E-state index is 14.1. The molecule has 1 aromatic heterocycles. The van der Waals surface area contributed by atoms with E-state index in [0.29, 0.717) is 5.56 Å². The molecule has 0 unspecified atom stereocenters. The van der Waals surface area contributed by atoms with Crippen LogP contribution in [0.3, 0.4) is 0 Å². The molecule has 0 atom stereocenters. The Balaban J connectivity index is 2.77. The van der Waals surface area contributed by atoms with Crippen molar-refractivity contribution >= 4 is 0 Å². The normalized spacial score (nSPS) is 11.6. The van der Waals surface area contributed by atoms with Crippen molar-refractivity contribution in [2.45, 2.75) is 39.0 Å². The van der Waals surface area contributed by atoms with Gasteiger partial charge in [0.15, 0.2) is 5.82 Å². The number of hydrogen-bond acceptors (Lipinski definition) is 3. The lowest BCUT2D eigenvalue weighted by atomic mass is 9.81. The van der Waals surface area contributed by atoms with Gasteiger partial charge in [0.25, 0.3) is 0 Å². The van der Waals surface area contributed by atoms with Gasteiger partial charge < -0.3 is 10.1 Å². The molecule has 18 heavy (non-hydrogen) atoms. The highest BCUT2D eigenvalue weighted by atomic mass is 19.1. The Bertz CT molecular complexity index is 380. The first-order valence-electron chi connectivity index (χ1n) is 6.42. The largest absolute Gasteiger partial charge is 0.479 e. The summed E-state index contributed by atoms with van der Waals surface area (Å²) in [7, 11) is 1.44. The first-order valence-corrected chi connectivity index (χ1v) is 6.42. The van der Waals surface area contributed by atoms with Gasteiger partial charge in [0.1, 0.15) is 0 Å². The molecule has 3 nitrogen and oxygen atoms in total. The second kappa shape index (κ2) is 6.69. The fourth-order valence-electron chi connectivity index (χ4n) is 1.93. The Kier molecular flexibility index (Phi) is 5.54. The summed E-state index contributed by atoms with van der Waals surface area (Å²) < 4.78 is 19.1. The third-order valence-electron chi connectivity index (χ3n) is 3.13. The van der Waals surface area contributed by atoms with Gasteiger partial charge >= 0.3 is 0 Å². The van der Waals surface area contributed by atoms with Crippen molar-refractivity contribution in [1.29, 1.82) is 0 Å². The Morgan fingerprint density at radius 1 is 1.39 bits per heavy atom. The van der Waals surface area contributed by atoms with E-state index < -0.39 is 0 Å². The minimum absolute atomic E-state index is 0.0714. The highest BCUT2D eigenvalue weighted by Crippen LogP contribution is 2.31. The van der Waals surface area contributed by atoms with Crippen molar-refractivity contribution in [3.05, 3.63) is 23.6 Å². The number of nitrogens with zero attached hydrogens (tertiary/aromatic N) is 1. The molecule has 0 fully saturated rings. The van der Waals surface area contributed by atoms with E-state index in [1.165, 1.54) is 7.11 Å². The molecule has 0 saturated heterocycles. The molecule has 0 aromatic carbocycles. The SMILES string of the molecule is CCCNCCC(C)(C)c1ccnc(OC)c1F. The summed E-state index contributed by atoms with van der Waals surface area (Å²) in [6, 6.07) is 1.73. The summed E-state index contributed by atoms with van der Waals surface area (Å²) >= 11 is 0. The topological polar surface area (TPSA) is 34.2 Å². The number of nitrogens with one attached hydrogen (secondary N) is 1. The summed E-state index contributed by atoms with van der Waals surface area (Å²) in [5.41, 5.74) is 0.425. The molecular weight excluding hydrogens is 231 g/mol. The Labute approximate surface area is 109 Å². The zero-order valence-corrected chi connectivity index (χ0v) is 11.7. The first kappa shape index (κ1) is 14.9. The zero-order valence-electron chi connectivity index (χ0n) is 11.7. The van der Waals surface area contributed by atoms with Crippen LogP contribution in [0.5, 0.6) is 5.88 Å².